The number of hydrogen-bond donors (Lipinski definition) is 2. The maximum atomic E-state index is 12.7. The van der Waals surface area contributed by atoms with Gasteiger partial charge in [0.05, 0.1) is 0 Å². The number of hydrogen-bond acceptors (Lipinski definition) is 2. The summed E-state index contributed by atoms with van der Waals surface area (Å²) in [4.78, 5) is 24.8. The monoisotopic (exact) mass is 364 g/mol. The van der Waals surface area contributed by atoms with Crippen molar-refractivity contribution in [3.8, 4) is 0 Å². The third-order valence-corrected chi connectivity index (χ3v) is 6.31. The van der Waals surface area contributed by atoms with Crippen molar-refractivity contribution in [1.29, 1.82) is 0 Å². The van der Waals surface area contributed by atoms with E-state index in [4.69, 9.17) is 0 Å². The van der Waals surface area contributed by atoms with Crippen molar-refractivity contribution in [3.05, 3.63) is 48.0 Å². The highest BCUT2D eigenvalue weighted by atomic mass is 16.2. The SMILES string of the molecule is CCCC1CC(=O)NC2CC(NC(=O)c3ccc4ccccc4c3)CCC12. The lowest BCUT2D eigenvalue weighted by atomic mass is 9.70. The molecule has 0 bridgehead atoms. The fraction of sp³-hybridized carbons (Fsp3) is 0.478. The van der Waals surface area contributed by atoms with Crippen LogP contribution in [0.3, 0.4) is 0 Å². The Kier molecular flexibility index (Phi) is 5.15. The number of nitrogens with one attached hydrogen (secondary N) is 2. The van der Waals surface area contributed by atoms with E-state index >= 15 is 0 Å². The molecule has 4 rings (SSSR count). The van der Waals surface area contributed by atoms with Crippen LogP contribution in [0.15, 0.2) is 42.5 Å². The zero-order chi connectivity index (χ0) is 18.8. The van der Waals surface area contributed by atoms with Gasteiger partial charge in [-0.3, -0.25) is 9.59 Å². The van der Waals surface area contributed by atoms with Crippen molar-refractivity contribution < 1.29 is 9.59 Å². The van der Waals surface area contributed by atoms with Gasteiger partial charge in [-0.25, -0.2) is 0 Å². The van der Waals surface area contributed by atoms with Gasteiger partial charge in [-0.05, 0) is 60.4 Å². The molecule has 1 aliphatic carbocycles. The Bertz CT molecular complexity index is 847. The Hall–Kier alpha value is -2.36. The summed E-state index contributed by atoms with van der Waals surface area (Å²) in [7, 11) is 0. The molecule has 2 aromatic carbocycles. The lowest BCUT2D eigenvalue weighted by Gasteiger charge is -2.44. The predicted molar refractivity (Wildman–Crippen MR) is 107 cm³/mol. The first-order chi connectivity index (χ1) is 13.1. The molecule has 2 N–H and O–H groups in total. The van der Waals surface area contributed by atoms with E-state index in [-0.39, 0.29) is 23.9 Å². The number of amides is 2. The second-order valence-electron chi connectivity index (χ2n) is 8.14. The van der Waals surface area contributed by atoms with E-state index in [1.54, 1.807) is 0 Å². The van der Waals surface area contributed by atoms with Crippen LogP contribution >= 0.6 is 0 Å². The topological polar surface area (TPSA) is 58.2 Å². The molecule has 1 heterocycles. The Labute approximate surface area is 160 Å². The number of carbonyl (C=O) groups excluding carboxylic acids is 2. The van der Waals surface area contributed by atoms with Crippen LogP contribution in [0.4, 0.5) is 0 Å². The average Bonchev–Trinajstić information content (AvgIpc) is 2.67. The summed E-state index contributed by atoms with van der Waals surface area (Å²) < 4.78 is 0. The maximum absolute atomic E-state index is 12.7. The van der Waals surface area contributed by atoms with E-state index in [9.17, 15) is 9.59 Å². The van der Waals surface area contributed by atoms with Gasteiger partial charge in [0.1, 0.15) is 0 Å². The van der Waals surface area contributed by atoms with E-state index in [1.807, 2.05) is 36.4 Å². The lowest BCUT2D eigenvalue weighted by molar-refractivity contribution is -0.127. The van der Waals surface area contributed by atoms with Gasteiger partial charge in [-0.2, -0.15) is 0 Å². The van der Waals surface area contributed by atoms with E-state index < -0.39 is 0 Å². The quantitative estimate of drug-likeness (QED) is 0.860. The highest BCUT2D eigenvalue weighted by Gasteiger charge is 2.40. The minimum absolute atomic E-state index is 0.0172. The lowest BCUT2D eigenvalue weighted by Crippen LogP contribution is -2.55. The molecule has 0 aromatic heterocycles. The van der Waals surface area contributed by atoms with Gasteiger partial charge in [-0.15, -0.1) is 0 Å². The van der Waals surface area contributed by atoms with E-state index in [0.717, 1.165) is 42.9 Å². The second kappa shape index (κ2) is 7.71. The number of carbonyl (C=O) groups is 2. The van der Waals surface area contributed by atoms with Crippen molar-refractivity contribution >= 4 is 22.6 Å². The molecule has 142 valence electrons. The molecule has 2 aromatic rings. The molecule has 4 unspecified atom stereocenters. The van der Waals surface area contributed by atoms with Gasteiger partial charge in [0.25, 0.3) is 5.91 Å². The van der Waals surface area contributed by atoms with Gasteiger partial charge in [0.15, 0.2) is 0 Å². The molecule has 1 saturated heterocycles. The first-order valence-electron chi connectivity index (χ1n) is 10.2. The number of piperidine rings is 1. The third-order valence-electron chi connectivity index (χ3n) is 6.31. The van der Waals surface area contributed by atoms with Gasteiger partial charge < -0.3 is 10.6 Å². The Morgan fingerprint density at radius 3 is 2.78 bits per heavy atom. The smallest absolute Gasteiger partial charge is 0.251 e. The molecule has 27 heavy (non-hydrogen) atoms. The molecule has 1 saturated carbocycles. The van der Waals surface area contributed by atoms with Crippen molar-refractivity contribution in [1.82, 2.24) is 10.6 Å². The summed E-state index contributed by atoms with van der Waals surface area (Å²) in [6.07, 6.45) is 5.85. The molecule has 4 heteroatoms. The van der Waals surface area contributed by atoms with Crippen LogP contribution in [0.1, 0.15) is 55.8 Å². The van der Waals surface area contributed by atoms with E-state index in [0.29, 0.717) is 23.8 Å². The standard InChI is InChI=1S/C23H28N2O2/c1-2-5-17-13-22(26)25-21-14-19(10-11-20(17)21)24-23(27)18-9-8-15-6-3-4-7-16(15)12-18/h3-4,6-9,12,17,19-21H,2,5,10-11,13-14H2,1H3,(H,24,27)(H,25,26). The van der Waals surface area contributed by atoms with Crippen molar-refractivity contribution in [2.24, 2.45) is 11.8 Å². The summed E-state index contributed by atoms with van der Waals surface area (Å²) in [6, 6.07) is 14.3. The molecule has 1 aliphatic heterocycles. The number of benzene rings is 2. The fourth-order valence-electron chi connectivity index (χ4n) is 5.00. The molecule has 4 atom stereocenters. The predicted octanol–water partition coefficient (Wildman–Crippen LogP) is 4.04. The normalized spacial score (nSPS) is 27.7. The summed E-state index contributed by atoms with van der Waals surface area (Å²) in [5.41, 5.74) is 0.701. The van der Waals surface area contributed by atoms with Crippen LogP contribution in [0.5, 0.6) is 0 Å². The number of rotatable bonds is 4. The minimum Gasteiger partial charge on any atom is -0.353 e. The zero-order valence-corrected chi connectivity index (χ0v) is 15.9. The first kappa shape index (κ1) is 18.0. The van der Waals surface area contributed by atoms with Crippen molar-refractivity contribution in [3.63, 3.8) is 0 Å². The summed E-state index contributed by atoms with van der Waals surface area (Å²) in [5.74, 6) is 1.23. The van der Waals surface area contributed by atoms with Crippen molar-refractivity contribution in [2.75, 3.05) is 0 Å². The van der Waals surface area contributed by atoms with Crippen LogP contribution in [0, 0.1) is 11.8 Å². The Balaban J connectivity index is 1.42. The Morgan fingerprint density at radius 2 is 1.96 bits per heavy atom. The third kappa shape index (κ3) is 3.85. The summed E-state index contributed by atoms with van der Waals surface area (Å²) >= 11 is 0. The highest BCUT2D eigenvalue weighted by molar-refractivity contribution is 5.98. The molecular weight excluding hydrogens is 336 g/mol. The minimum atomic E-state index is -0.0172. The summed E-state index contributed by atoms with van der Waals surface area (Å²) in [5, 5.41) is 8.61. The fourth-order valence-corrected chi connectivity index (χ4v) is 5.00. The van der Waals surface area contributed by atoms with Gasteiger partial charge in [-0.1, -0.05) is 43.7 Å². The molecule has 2 aliphatic rings. The molecule has 2 fully saturated rings. The molecule has 4 nitrogen and oxygen atoms in total. The molecule has 0 radical (unpaired) electrons. The highest BCUT2D eigenvalue weighted by Crippen LogP contribution is 2.37. The van der Waals surface area contributed by atoms with E-state index in [2.05, 4.69) is 23.6 Å². The van der Waals surface area contributed by atoms with E-state index in [1.165, 1.54) is 0 Å². The average molecular weight is 364 g/mol. The molecule has 0 spiro atoms. The Morgan fingerprint density at radius 1 is 1.15 bits per heavy atom. The van der Waals surface area contributed by atoms with Gasteiger partial charge in [0, 0.05) is 24.1 Å². The van der Waals surface area contributed by atoms with Crippen molar-refractivity contribution in [2.45, 2.75) is 57.5 Å². The van der Waals surface area contributed by atoms with Crippen LogP contribution in [0.2, 0.25) is 0 Å². The number of fused-ring (bicyclic) bond motifs is 2. The van der Waals surface area contributed by atoms with Crippen LogP contribution in [0.25, 0.3) is 10.8 Å². The van der Waals surface area contributed by atoms with Gasteiger partial charge in [0.2, 0.25) is 5.91 Å². The van der Waals surface area contributed by atoms with Crippen LogP contribution in [-0.2, 0) is 4.79 Å². The first-order valence-corrected chi connectivity index (χ1v) is 10.2. The maximum Gasteiger partial charge on any atom is 0.251 e. The van der Waals surface area contributed by atoms with Gasteiger partial charge >= 0.3 is 0 Å². The zero-order valence-electron chi connectivity index (χ0n) is 15.9. The second-order valence-corrected chi connectivity index (χ2v) is 8.14. The molecule has 2 amide bonds. The summed E-state index contributed by atoms with van der Waals surface area (Å²) in [6.45, 7) is 2.19. The largest absolute Gasteiger partial charge is 0.353 e. The van der Waals surface area contributed by atoms with Crippen LogP contribution < -0.4 is 10.6 Å². The molecular formula is C23H28N2O2. The van der Waals surface area contributed by atoms with Crippen LogP contribution in [-0.4, -0.2) is 23.9 Å².